The number of ether oxygens (including phenoxy) is 1. The minimum absolute atomic E-state index is 0.0175. The quantitative estimate of drug-likeness (QED) is 0.632. The van der Waals surface area contributed by atoms with Gasteiger partial charge >= 0.3 is 5.97 Å². The summed E-state index contributed by atoms with van der Waals surface area (Å²) < 4.78 is 5.47. The molecule has 2 saturated heterocycles. The Morgan fingerprint density at radius 3 is 2.26 bits per heavy atom. The van der Waals surface area contributed by atoms with Crippen LogP contribution in [0.15, 0.2) is 18.2 Å². The molecule has 1 amide bonds. The van der Waals surface area contributed by atoms with E-state index in [0.717, 1.165) is 19.5 Å². The number of rotatable bonds is 4. The summed E-state index contributed by atoms with van der Waals surface area (Å²) in [6.07, 6.45) is 3.59. The molecule has 188 valence electrons. The second-order valence-electron chi connectivity index (χ2n) is 12.4. The second-order valence-corrected chi connectivity index (χ2v) is 12.4. The molecular weight excluding hydrogens is 426 g/mol. The smallest absolute Gasteiger partial charge is 0.320 e. The van der Waals surface area contributed by atoms with Crippen LogP contribution in [0.4, 0.5) is 0 Å². The Labute approximate surface area is 205 Å². The number of likely N-dealkylation sites (tertiary alicyclic amines) is 1. The normalized spacial score (nSPS) is 24.4. The maximum atomic E-state index is 13.8. The maximum Gasteiger partial charge on any atom is 0.320 e. The van der Waals surface area contributed by atoms with Gasteiger partial charge < -0.3 is 9.64 Å². The lowest BCUT2D eigenvalue weighted by atomic mass is 9.86. The fourth-order valence-corrected chi connectivity index (χ4v) is 5.68. The number of benzene rings is 1. The molecule has 0 aromatic heterocycles. The monoisotopic (exact) mass is 469 g/mol. The van der Waals surface area contributed by atoms with E-state index < -0.39 is 5.60 Å². The molecule has 0 radical (unpaired) electrons. The lowest BCUT2D eigenvalue weighted by molar-refractivity contribution is -0.156. The molecular formula is C28H43N3O3. The van der Waals surface area contributed by atoms with Crippen LogP contribution in [0.2, 0.25) is 0 Å². The van der Waals surface area contributed by atoms with Crippen LogP contribution in [0.25, 0.3) is 0 Å². The average molecular weight is 470 g/mol. The van der Waals surface area contributed by atoms with Crippen molar-refractivity contribution in [1.82, 2.24) is 14.7 Å². The Hall–Kier alpha value is -1.92. The summed E-state index contributed by atoms with van der Waals surface area (Å²) in [7, 11) is 0. The first-order chi connectivity index (χ1) is 15.9. The molecule has 2 unspecified atom stereocenters. The van der Waals surface area contributed by atoms with Gasteiger partial charge in [-0.3, -0.25) is 19.4 Å². The molecule has 34 heavy (non-hydrogen) atoms. The van der Waals surface area contributed by atoms with Crippen LogP contribution in [0.5, 0.6) is 0 Å². The van der Waals surface area contributed by atoms with Crippen molar-refractivity contribution in [2.45, 2.75) is 77.9 Å². The van der Waals surface area contributed by atoms with E-state index in [-0.39, 0.29) is 35.8 Å². The summed E-state index contributed by atoms with van der Waals surface area (Å²) in [4.78, 5) is 32.6. The van der Waals surface area contributed by atoms with Crippen molar-refractivity contribution in [2.75, 3.05) is 45.8 Å². The van der Waals surface area contributed by atoms with Gasteiger partial charge in [-0.2, -0.15) is 0 Å². The Morgan fingerprint density at radius 2 is 1.62 bits per heavy atom. The van der Waals surface area contributed by atoms with Crippen LogP contribution in [0, 0.1) is 5.92 Å². The largest absolute Gasteiger partial charge is 0.459 e. The zero-order chi connectivity index (χ0) is 24.7. The zero-order valence-electron chi connectivity index (χ0n) is 22.0. The van der Waals surface area contributed by atoms with Crippen LogP contribution in [0.3, 0.4) is 0 Å². The topological polar surface area (TPSA) is 53.1 Å². The van der Waals surface area contributed by atoms with Crippen molar-refractivity contribution in [3.63, 3.8) is 0 Å². The van der Waals surface area contributed by atoms with E-state index in [1.165, 1.54) is 29.5 Å². The summed E-state index contributed by atoms with van der Waals surface area (Å²) >= 11 is 0. The molecule has 2 aliphatic heterocycles. The summed E-state index contributed by atoms with van der Waals surface area (Å²) in [5.74, 6) is 0.295. The number of carbonyl (C=O) groups is 2. The first kappa shape index (κ1) is 25.2. The Bertz CT molecular complexity index is 906. The first-order valence-corrected chi connectivity index (χ1v) is 13.0. The van der Waals surface area contributed by atoms with Gasteiger partial charge in [-0.15, -0.1) is 0 Å². The number of piperazine rings is 1. The molecule has 1 aromatic rings. The van der Waals surface area contributed by atoms with Gasteiger partial charge in [-0.1, -0.05) is 18.2 Å². The number of carbonyl (C=O) groups excluding carboxylic acids is 2. The highest BCUT2D eigenvalue weighted by molar-refractivity contribution is 5.81. The number of nitrogens with zero attached hydrogens (tertiary/aromatic N) is 3. The maximum absolute atomic E-state index is 13.8. The fourth-order valence-electron chi connectivity index (χ4n) is 5.68. The molecule has 2 fully saturated rings. The molecule has 0 N–H and O–H groups in total. The number of hydrogen-bond donors (Lipinski definition) is 0. The molecule has 3 aliphatic rings. The van der Waals surface area contributed by atoms with Crippen LogP contribution in [-0.2, 0) is 27.2 Å². The average Bonchev–Trinajstić information content (AvgIpc) is 3.39. The summed E-state index contributed by atoms with van der Waals surface area (Å²) in [6, 6.07) is 6.96. The Morgan fingerprint density at radius 1 is 0.941 bits per heavy atom. The number of fused-ring (bicyclic) bond motifs is 1. The van der Waals surface area contributed by atoms with Crippen molar-refractivity contribution in [2.24, 2.45) is 5.92 Å². The first-order valence-electron chi connectivity index (χ1n) is 13.0. The lowest BCUT2D eigenvalue weighted by Gasteiger charge is -2.37. The van der Waals surface area contributed by atoms with Crippen molar-refractivity contribution >= 4 is 11.9 Å². The molecule has 0 spiro atoms. The minimum atomic E-state index is -0.469. The van der Waals surface area contributed by atoms with Crippen LogP contribution < -0.4 is 0 Å². The van der Waals surface area contributed by atoms with E-state index in [0.29, 0.717) is 26.2 Å². The van der Waals surface area contributed by atoms with E-state index in [4.69, 9.17) is 4.74 Å². The number of aryl methyl sites for hydroxylation is 2. The third kappa shape index (κ3) is 5.83. The van der Waals surface area contributed by atoms with Gasteiger partial charge in [0, 0.05) is 50.7 Å². The highest BCUT2D eigenvalue weighted by atomic mass is 16.6. The molecule has 4 rings (SSSR count). The number of hydrogen-bond acceptors (Lipinski definition) is 5. The zero-order valence-corrected chi connectivity index (χ0v) is 22.0. The predicted molar refractivity (Wildman–Crippen MR) is 135 cm³/mol. The van der Waals surface area contributed by atoms with Crippen molar-refractivity contribution in [3.05, 3.63) is 34.9 Å². The molecule has 1 aromatic carbocycles. The Balaban J connectivity index is 1.43. The van der Waals surface area contributed by atoms with Gasteiger partial charge in [0.05, 0.1) is 12.5 Å². The molecule has 1 aliphatic carbocycles. The highest BCUT2D eigenvalue weighted by Crippen LogP contribution is 2.39. The van der Waals surface area contributed by atoms with Crippen LogP contribution >= 0.6 is 0 Å². The van der Waals surface area contributed by atoms with Gasteiger partial charge in [-0.05, 0) is 77.5 Å². The summed E-state index contributed by atoms with van der Waals surface area (Å²) in [5, 5.41) is 0. The molecule has 6 heteroatoms. The third-order valence-electron chi connectivity index (χ3n) is 7.59. The number of esters is 1. The van der Waals surface area contributed by atoms with Crippen molar-refractivity contribution in [3.8, 4) is 0 Å². The minimum Gasteiger partial charge on any atom is -0.459 e. The van der Waals surface area contributed by atoms with E-state index >= 15 is 0 Å². The summed E-state index contributed by atoms with van der Waals surface area (Å²) in [5.41, 5.74) is 3.86. The van der Waals surface area contributed by atoms with Gasteiger partial charge in [0.1, 0.15) is 5.60 Å². The molecule has 2 atom stereocenters. The van der Waals surface area contributed by atoms with Crippen molar-refractivity contribution < 1.29 is 14.3 Å². The van der Waals surface area contributed by atoms with E-state index in [2.05, 4.69) is 48.8 Å². The Kier molecular flexibility index (Phi) is 7.12. The van der Waals surface area contributed by atoms with E-state index in [1.807, 2.05) is 25.7 Å². The number of amides is 1. The highest BCUT2D eigenvalue weighted by Gasteiger charge is 2.44. The molecule has 0 bridgehead atoms. The predicted octanol–water partition coefficient (Wildman–Crippen LogP) is 3.48. The molecule has 6 nitrogen and oxygen atoms in total. The lowest BCUT2D eigenvalue weighted by Crippen LogP contribution is -2.52. The van der Waals surface area contributed by atoms with Gasteiger partial charge in [0.2, 0.25) is 5.91 Å². The molecule has 2 heterocycles. The summed E-state index contributed by atoms with van der Waals surface area (Å²) in [6.45, 7) is 17.2. The third-order valence-corrected chi connectivity index (χ3v) is 7.59. The van der Waals surface area contributed by atoms with E-state index in [9.17, 15) is 9.59 Å². The standard InChI is InChI=1S/C28H43N3O3/c1-27(2,3)31-17-23(22-11-10-20-8-7-9-21(20)16-22)24(18-31)26(33)30-14-12-29(13-15-30)19-25(32)34-28(4,5)6/h10-11,16,23-24H,7-9,12-15,17-19H2,1-6H3. The van der Waals surface area contributed by atoms with Crippen molar-refractivity contribution in [1.29, 1.82) is 0 Å². The van der Waals surface area contributed by atoms with Gasteiger partial charge in [0.25, 0.3) is 0 Å². The van der Waals surface area contributed by atoms with Gasteiger partial charge in [0.15, 0.2) is 0 Å². The molecule has 0 saturated carbocycles. The van der Waals surface area contributed by atoms with Gasteiger partial charge in [-0.25, -0.2) is 0 Å². The second kappa shape index (κ2) is 9.62. The van der Waals surface area contributed by atoms with Crippen LogP contribution in [0.1, 0.15) is 70.6 Å². The van der Waals surface area contributed by atoms with E-state index in [1.54, 1.807) is 0 Å². The van der Waals surface area contributed by atoms with Crippen LogP contribution in [-0.4, -0.2) is 83.5 Å². The fraction of sp³-hybridized carbons (Fsp3) is 0.714. The SMILES string of the molecule is CC(C)(C)OC(=O)CN1CCN(C(=O)C2CN(C(C)(C)C)CC2c2ccc3c(c2)CCC3)CC1.